The van der Waals surface area contributed by atoms with E-state index in [2.05, 4.69) is 10.6 Å². The predicted molar refractivity (Wildman–Crippen MR) is 71.1 cm³/mol. The van der Waals surface area contributed by atoms with Crippen molar-refractivity contribution in [3.63, 3.8) is 0 Å². The molecular weight excluding hydrogens is 268 g/mol. The number of carbonyl (C=O) groups is 3. The van der Waals surface area contributed by atoms with Crippen LogP contribution in [-0.2, 0) is 9.59 Å². The Bertz CT molecular complexity index is 482. The Morgan fingerprint density at radius 3 is 2.47 bits per heavy atom. The van der Waals surface area contributed by atoms with Crippen molar-refractivity contribution in [2.45, 2.75) is 32.4 Å². The molecule has 0 radical (unpaired) electrons. The molecule has 1 aromatic heterocycles. The minimum atomic E-state index is -1.38. The van der Waals surface area contributed by atoms with E-state index in [0.29, 0.717) is 4.88 Å². The van der Waals surface area contributed by atoms with Gasteiger partial charge in [-0.3, -0.25) is 9.59 Å². The van der Waals surface area contributed by atoms with Gasteiger partial charge in [0.2, 0.25) is 5.91 Å². The lowest BCUT2D eigenvalue weighted by molar-refractivity contribution is -0.146. The van der Waals surface area contributed by atoms with Gasteiger partial charge in [0.25, 0.3) is 5.91 Å². The van der Waals surface area contributed by atoms with Gasteiger partial charge in [-0.25, -0.2) is 4.79 Å². The van der Waals surface area contributed by atoms with Crippen molar-refractivity contribution >= 4 is 29.1 Å². The molecular formula is C12H16N2O4S. The van der Waals surface area contributed by atoms with E-state index in [1.165, 1.54) is 32.1 Å². The topological polar surface area (TPSA) is 95.5 Å². The molecule has 0 saturated heterocycles. The van der Waals surface area contributed by atoms with Gasteiger partial charge in [0.1, 0.15) is 11.6 Å². The molecule has 1 rings (SSSR count). The van der Waals surface area contributed by atoms with E-state index in [4.69, 9.17) is 5.11 Å². The molecule has 7 heteroatoms. The summed E-state index contributed by atoms with van der Waals surface area (Å²) in [7, 11) is 0. The molecule has 1 heterocycles. The minimum Gasteiger partial charge on any atom is -0.480 e. The number of rotatable bonds is 5. The van der Waals surface area contributed by atoms with Crippen LogP contribution in [0, 0.1) is 0 Å². The van der Waals surface area contributed by atoms with Gasteiger partial charge in [0.05, 0.1) is 4.88 Å². The smallest absolute Gasteiger partial charge is 0.328 e. The van der Waals surface area contributed by atoms with E-state index in [1.54, 1.807) is 17.5 Å². The summed E-state index contributed by atoms with van der Waals surface area (Å²) < 4.78 is 0. The maximum Gasteiger partial charge on any atom is 0.328 e. The third-order valence-electron chi connectivity index (χ3n) is 2.46. The van der Waals surface area contributed by atoms with E-state index in [1.807, 2.05) is 0 Å². The molecule has 3 N–H and O–H groups in total. The molecule has 104 valence electrons. The SMILES string of the molecule is CC(NC(=O)c1cccs1)C(=O)NC(C)(C)C(=O)O. The molecule has 19 heavy (non-hydrogen) atoms. The molecule has 0 aromatic carbocycles. The zero-order valence-corrected chi connectivity index (χ0v) is 11.7. The fraction of sp³-hybridized carbons (Fsp3) is 0.417. The fourth-order valence-corrected chi connectivity index (χ4v) is 1.84. The van der Waals surface area contributed by atoms with E-state index in [0.717, 1.165) is 0 Å². The summed E-state index contributed by atoms with van der Waals surface area (Å²) in [5.74, 6) is -2.04. The third-order valence-corrected chi connectivity index (χ3v) is 3.32. The minimum absolute atomic E-state index is 0.356. The molecule has 6 nitrogen and oxygen atoms in total. The van der Waals surface area contributed by atoms with Gasteiger partial charge in [-0.15, -0.1) is 11.3 Å². The molecule has 1 aromatic rings. The van der Waals surface area contributed by atoms with Crippen LogP contribution in [0.4, 0.5) is 0 Å². The van der Waals surface area contributed by atoms with Crippen molar-refractivity contribution in [2.24, 2.45) is 0 Å². The fourth-order valence-electron chi connectivity index (χ4n) is 1.21. The summed E-state index contributed by atoms with van der Waals surface area (Å²) in [5.41, 5.74) is -1.38. The second-order valence-corrected chi connectivity index (χ2v) is 5.54. The Morgan fingerprint density at radius 1 is 1.37 bits per heavy atom. The van der Waals surface area contributed by atoms with E-state index >= 15 is 0 Å². The Kier molecular flexibility index (Phi) is 4.66. The molecule has 0 fully saturated rings. The first-order chi connectivity index (χ1) is 8.74. The van der Waals surface area contributed by atoms with Crippen LogP contribution in [0.25, 0.3) is 0 Å². The second-order valence-electron chi connectivity index (χ2n) is 4.59. The standard InChI is InChI=1S/C12H16N2O4S/c1-7(9(15)14-12(2,3)11(17)18)13-10(16)8-5-4-6-19-8/h4-7H,1-3H3,(H,13,16)(H,14,15)(H,17,18). The van der Waals surface area contributed by atoms with E-state index in [9.17, 15) is 14.4 Å². The first kappa shape index (κ1) is 15.2. The number of carbonyl (C=O) groups excluding carboxylic acids is 2. The Hall–Kier alpha value is -1.89. The number of hydrogen-bond donors (Lipinski definition) is 3. The normalized spacial score (nSPS) is 12.6. The number of aliphatic carboxylic acids is 1. The van der Waals surface area contributed by atoms with Crippen LogP contribution in [-0.4, -0.2) is 34.5 Å². The highest BCUT2D eigenvalue weighted by atomic mass is 32.1. The van der Waals surface area contributed by atoms with E-state index in [-0.39, 0.29) is 5.91 Å². The van der Waals surface area contributed by atoms with Crippen molar-refractivity contribution in [3.05, 3.63) is 22.4 Å². The Labute approximate surface area is 114 Å². The average Bonchev–Trinajstić information content (AvgIpc) is 2.81. The van der Waals surface area contributed by atoms with Crippen LogP contribution in [0.3, 0.4) is 0 Å². The molecule has 0 aliphatic carbocycles. The van der Waals surface area contributed by atoms with E-state index < -0.39 is 23.5 Å². The number of amides is 2. The van der Waals surface area contributed by atoms with Crippen molar-refractivity contribution in [1.82, 2.24) is 10.6 Å². The molecule has 0 bridgehead atoms. The first-order valence-corrected chi connectivity index (χ1v) is 6.52. The largest absolute Gasteiger partial charge is 0.480 e. The Balaban J connectivity index is 2.59. The number of nitrogens with one attached hydrogen (secondary N) is 2. The first-order valence-electron chi connectivity index (χ1n) is 5.64. The molecule has 2 amide bonds. The number of carboxylic acid groups (broad SMARTS) is 1. The van der Waals surface area contributed by atoms with Crippen molar-refractivity contribution in [1.29, 1.82) is 0 Å². The van der Waals surface area contributed by atoms with Gasteiger partial charge in [0, 0.05) is 0 Å². The lowest BCUT2D eigenvalue weighted by Gasteiger charge is -2.23. The van der Waals surface area contributed by atoms with Crippen molar-refractivity contribution in [3.8, 4) is 0 Å². The molecule has 1 atom stereocenters. The highest BCUT2D eigenvalue weighted by Gasteiger charge is 2.31. The summed E-state index contributed by atoms with van der Waals surface area (Å²) in [6.45, 7) is 4.25. The van der Waals surface area contributed by atoms with Crippen LogP contribution in [0.1, 0.15) is 30.4 Å². The van der Waals surface area contributed by atoms with Crippen LogP contribution in [0.5, 0.6) is 0 Å². The van der Waals surface area contributed by atoms with Gasteiger partial charge in [-0.05, 0) is 32.2 Å². The predicted octanol–water partition coefficient (Wildman–Crippen LogP) is 0.846. The summed E-state index contributed by atoms with van der Waals surface area (Å²) >= 11 is 1.26. The maximum atomic E-state index is 11.8. The average molecular weight is 284 g/mol. The number of hydrogen-bond acceptors (Lipinski definition) is 4. The van der Waals surface area contributed by atoms with Crippen LogP contribution >= 0.6 is 11.3 Å². The van der Waals surface area contributed by atoms with Crippen molar-refractivity contribution in [2.75, 3.05) is 0 Å². The zero-order chi connectivity index (χ0) is 14.6. The lowest BCUT2D eigenvalue weighted by Crippen LogP contribution is -2.55. The van der Waals surface area contributed by atoms with Gasteiger partial charge < -0.3 is 15.7 Å². The summed E-state index contributed by atoms with van der Waals surface area (Å²) in [6.07, 6.45) is 0. The highest BCUT2D eigenvalue weighted by molar-refractivity contribution is 7.12. The second kappa shape index (κ2) is 5.83. The maximum absolute atomic E-state index is 11.8. The highest BCUT2D eigenvalue weighted by Crippen LogP contribution is 2.08. The molecule has 0 aliphatic rings. The number of carboxylic acids is 1. The molecule has 0 aliphatic heterocycles. The van der Waals surface area contributed by atoms with Crippen molar-refractivity contribution < 1.29 is 19.5 Å². The summed E-state index contributed by atoms with van der Waals surface area (Å²) in [4.78, 5) is 34.9. The van der Waals surface area contributed by atoms with Crippen LogP contribution in [0.2, 0.25) is 0 Å². The lowest BCUT2D eigenvalue weighted by atomic mass is 10.1. The molecule has 0 saturated carbocycles. The molecule has 0 spiro atoms. The van der Waals surface area contributed by atoms with Gasteiger partial charge in [0.15, 0.2) is 0 Å². The third kappa shape index (κ3) is 4.06. The monoisotopic (exact) mass is 284 g/mol. The van der Waals surface area contributed by atoms with Crippen LogP contribution < -0.4 is 10.6 Å². The molecule has 1 unspecified atom stereocenters. The van der Waals surface area contributed by atoms with Gasteiger partial charge >= 0.3 is 5.97 Å². The van der Waals surface area contributed by atoms with Crippen LogP contribution in [0.15, 0.2) is 17.5 Å². The zero-order valence-electron chi connectivity index (χ0n) is 10.9. The van der Waals surface area contributed by atoms with Gasteiger partial charge in [-0.2, -0.15) is 0 Å². The van der Waals surface area contributed by atoms with Gasteiger partial charge in [-0.1, -0.05) is 6.07 Å². The number of thiophene rings is 1. The summed E-state index contributed by atoms with van der Waals surface area (Å²) in [5, 5.41) is 15.5. The quantitative estimate of drug-likeness (QED) is 0.747. The Morgan fingerprint density at radius 2 is 2.00 bits per heavy atom. The summed E-state index contributed by atoms with van der Waals surface area (Å²) in [6, 6.07) is 2.57.